The number of nitrogens with two attached hydrogens (primary N) is 1. The number of hydrogen-bond acceptors (Lipinski definition) is 3. The van der Waals surface area contributed by atoms with Gasteiger partial charge in [-0.3, -0.25) is 9.69 Å². The largest absolute Gasteiger partial charge is 0.398 e. The highest BCUT2D eigenvalue weighted by Gasteiger charge is 2.29. The van der Waals surface area contributed by atoms with E-state index in [0.29, 0.717) is 24.1 Å². The Hall–Kier alpha value is -1.55. The minimum atomic E-state index is 0.0677. The van der Waals surface area contributed by atoms with Gasteiger partial charge in [-0.05, 0) is 43.4 Å². The fourth-order valence-corrected chi connectivity index (χ4v) is 2.58. The minimum Gasteiger partial charge on any atom is -0.398 e. The number of carbonyl (C=O) groups excluding carboxylic acids is 1. The quantitative estimate of drug-likeness (QED) is 0.759. The molecule has 4 heteroatoms. The molecule has 0 spiro atoms. The van der Waals surface area contributed by atoms with E-state index in [1.165, 1.54) is 12.8 Å². The van der Waals surface area contributed by atoms with Crippen LogP contribution in [0.2, 0.25) is 0 Å². The summed E-state index contributed by atoms with van der Waals surface area (Å²) in [5.74, 6) is 0.711. The monoisotopic (exact) mass is 289 g/mol. The fraction of sp³-hybridized carbons (Fsp3) is 0.588. The van der Waals surface area contributed by atoms with Crippen molar-refractivity contribution in [3.63, 3.8) is 0 Å². The zero-order chi connectivity index (χ0) is 15.4. The molecule has 0 aliphatic heterocycles. The van der Waals surface area contributed by atoms with Crippen LogP contribution in [0.25, 0.3) is 0 Å². The maximum Gasteiger partial charge on any atom is 0.225 e. The molecule has 3 N–H and O–H groups in total. The molecular formula is C17H27N3O. The van der Waals surface area contributed by atoms with Crippen LogP contribution in [0.4, 0.5) is 11.4 Å². The molecule has 0 unspecified atom stereocenters. The van der Waals surface area contributed by atoms with Gasteiger partial charge in [0.15, 0.2) is 0 Å². The number of hydrogen-bond donors (Lipinski definition) is 2. The van der Waals surface area contributed by atoms with Crippen molar-refractivity contribution in [2.75, 3.05) is 24.1 Å². The summed E-state index contributed by atoms with van der Waals surface area (Å²) in [6, 6.07) is 6.32. The number of nitrogen functional groups attached to an aromatic ring is 1. The van der Waals surface area contributed by atoms with E-state index >= 15 is 0 Å². The predicted molar refractivity (Wildman–Crippen MR) is 88.3 cm³/mol. The number of carbonyl (C=O) groups is 1. The summed E-state index contributed by atoms with van der Waals surface area (Å²) < 4.78 is 0. The van der Waals surface area contributed by atoms with Crippen molar-refractivity contribution in [2.45, 2.75) is 46.1 Å². The Bertz CT molecular complexity index is 495. The highest BCUT2D eigenvalue weighted by Crippen LogP contribution is 2.27. The second-order valence-electron chi connectivity index (χ2n) is 6.44. The van der Waals surface area contributed by atoms with Crippen LogP contribution in [0.1, 0.15) is 38.7 Å². The summed E-state index contributed by atoms with van der Waals surface area (Å²) in [7, 11) is 0. The van der Waals surface area contributed by atoms with Crippen molar-refractivity contribution in [1.82, 2.24) is 4.90 Å². The third-order valence-corrected chi connectivity index (χ3v) is 3.94. The molecule has 1 aromatic carbocycles. The molecule has 1 saturated carbocycles. The van der Waals surface area contributed by atoms with Gasteiger partial charge in [0.05, 0.1) is 0 Å². The average Bonchev–Trinajstić information content (AvgIpc) is 3.24. The van der Waals surface area contributed by atoms with Crippen molar-refractivity contribution in [3.8, 4) is 0 Å². The summed E-state index contributed by atoms with van der Waals surface area (Å²) in [6.45, 7) is 8.31. The maximum absolute atomic E-state index is 12.1. The van der Waals surface area contributed by atoms with Crippen LogP contribution in [0.5, 0.6) is 0 Å². The number of nitrogens with one attached hydrogen (secondary N) is 1. The first-order valence-electron chi connectivity index (χ1n) is 7.86. The van der Waals surface area contributed by atoms with E-state index in [0.717, 1.165) is 24.3 Å². The van der Waals surface area contributed by atoms with Crippen LogP contribution in [-0.2, 0) is 4.79 Å². The summed E-state index contributed by atoms with van der Waals surface area (Å²) >= 11 is 0. The summed E-state index contributed by atoms with van der Waals surface area (Å²) in [6.07, 6.45) is 3.10. The smallest absolute Gasteiger partial charge is 0.225 e. The van der Waals surface area contributed by atoms with Gasteiger partial charge in [-0.1, -0.05) is 19.9 Å². The number of rotatable bonds is 7. The lowest BCUT2D eigenvalue weighted by molar-refractivity contribution is -0.116. The Morgan fingerprint density at radius 3 is 2.76 bits per heavy atom. The SMILES string of the molecule is Cc1c(N)cccc1NC(=O)CCN(CC(C)C)C1CC1. The van der Waals surface area contributed by atoms with Crippen LogP contribution < -0.4 is 11.1 Å². The van der Waals surface area contributed by atoms with Crippen LogP contribution in [0, 0.1) is 12.8 Å². The van der Waals surface area contributed by atoms with E-state index in [1.54, 1.807) is 0 Å². The number of nitrogens with zero attached hydrogens (tertiary/aromatic N) is 1. The first-order valence-corrected chi connectivity index (χ1v) is 7.86. The average molecular weight is 289 g/mol. The lowest BCUT2D eigenvalue weighted by Gasteiger charge is -2.23. The van der Waals surface area contributed by atoms with Crippen LogP contribution in [0.15, 0.2) is 18.2 Å². The third-order valence-electron chi connectivity index (χ3n) is 3.94. The molecule has 1 aliphatic carbocycles. The topological polar surface area (TPSA) is 58.4 Å². The van der Waals surface area contributed by atoms with Gasteiger partial charge in [0, 0.05) is 36.9 Å². The van der Waals surface area contributed by atoms with E-state index in [4.69, 9.17) is 5.73 Å². The van der Waals surface area contributed by atoms with Crippen molar-refractivity contribution in [2.24, 2.45) is 5.92 Å². The molecule has 1 fully saturated rings. The van der Waals surface area contributed by atoms with Gasteiger partial charge >= 0.3 is 0 Å². The molecule has 0 aromatic heterocycles. The van der Waals surface area contributed by atoms with Crippen molar-refractivity contribution >= 4 is 17.3 Å². The zero-order valence-electron chi connectivity index (χ0n) is 13.4. The lowest BCUT2D eigenvalue weighted by Crippen LogP contribution is -2.33. The number of benzene rings is 1. The van der Waals surface area contributed by atoms with E-state index < -0.39 is 0 Å². The Balaban J connectivity index is 1.85. The molecule has 0 atom stereocenters. The van der Waals surface area contributed by atoms with E-state index in [2.05, 4.69) is 24.1 Å². The van der Waals surface area contributed by atoms with Crippen molar-refractivity contribution < 1.29 is 4.79 Å². The molecule has 0 bridgehead atoms. The molecule has 1 amide bonds. The van der Waals surface area contributed by atoms with Gasteiger partial charge < -0.3 is 11.1 Å². The van der Waals surface area contributed by atoms with Gasteiger partial charge in [0.2, 0.25) is 5.91 Å². The first-order chi connectivity index (χ1) is 9.97. The summed E-state index contributed by atoms with van der Waals surface area (Å²) in [5, 5.41) is 2.97. The highest BCUT2D eigenvalue weighted by molar-refractivity contribution is 5.92. The Kier molecular flexibility index (Phi) is 5.23. The van der Waals surface area contributed by atoms with E-state index in [1.807, 2.05) is 25.1 Å². The normalized spacial score (nSPS) is 14.7. The fourth-order valence-electron chi connectivity index (χ4n) is 2.58. The molecule has 0 saturated heterocycles. The Labute approximate surface area is 127 Å². The standard InChI is InChI=1S/C17H27N3O/c1-12(2)11-20(14-7-8-14)10-9-17(21)19-16-6-4-5-15(18)13(16)3/h4-6,12,14H,7-11,18H2,1-3H3,(H,19,21). The van der Waals surface area contributed by atoms with E-state index in [-0.39, 0.29) is 5.91 Å². The molecule has 1 aliphatic rings. The van der Waals surface area contributed by atoms with Gasteiger partial charge in [0.25, 0.3) is 0 Å². The molecule has 21 heavy (non-hydrogen) atoms. The first kappa shape index (κ1) is 15.8. The Morgan fingerprint density at radius 2 is 2.14 bits per heavy atom. The molecule has 4 nitrogen and oxygen atoms in total. The van der Waals surface area contributed by atoms with Crippen LogP contribution in [0.3, 0.4) is 0 Å². The second-order valence-corrected chi connectivity index (χ2v) is 6.44. The van der Waals surface area contributed by atoms with Gasteiger partial charge in [-0.2, -0.15) is 0 Å². The maximum atomic E-state index is 12.1. The molecule has 1 aromatic rings. The zero-order valence-corrected chi connectivity index (χ0v) is 13.4. The van der Waals surface area contributed by atoms with Gasteiger partial charge in [0.1, 0.15) is 0 Å². The lowest BCUT2D eigenvalue weighted by atomic mass is 10.1. The van der Waals surface area contributed by atoms with Gasteiger partial charge in [-0.25, -0.2) is 0 Å². The Morgan fingerprint density at radius 1 is 1.43 bits per heavy atom. The third kappa shape index (κ3) is 4.74. The summed E-state index contributed by atoms with van der Waals surface area (Å²) in [4.78, 5) is 14.6. The minimum absolute atomic E-state index is 0.0677. The highest BCUT2D eigenvalue weighted by atomic mass is 16.1. The summed E-state index contributed by atoms with van der Waals surface area (Å²) in [5.41, 5.74) is 8.34. The number of anilines is 2. The molecular weight excluding hydrogens is 262 g/mol. The molecule has 0 radical (unpaired) electrons. The van der Waals surface area contributed by atoms with Crippen molar-refractivity contribution in [1.29, 1.82) is 0 Å². The van der Waals surface area contributed by atoms with Gasteiger partial charge in [-0.15, -0.1) is 0 Å². The molecule has 116 valence electrons. The van der Waals surface area contributed by atoms with Crippen molar-refractivity contribution in [3.05, 3.63) is 23.8 Å². The van der Waals surface area contributed by atoms with E-state index in [9.17, 15) is 4.79 Å². The predicted octanol–water partition coefficient (Wildman–Crippen LogP) is 3.03. The molecule has 0 heterocycles. The number of amides is 1. The van der Waals surface area contributed by atoms with Crippen LogP contribution in [-0.4, -0.2) is 29.9 Å². The molecule has 2 rings (SSSR count). The second kappa shape index (κ2) is 6.94. The van der Waals surface area contributed by atoms with Crippen LogP contribution >= 0.6 is 0 Å².